The van der Waals surface area contributed by atoms with Crippen LogP contribution in [0.5, 0.6) is 0 Å². The number of carbonyl (C=O) groups excluding carboxylic acids is 1. The molecule has 104 valence electrons. The van der Waals surface area contributed by atoms with Crippen LogP contribution < -0.4 is 5.32 Å². The Morgan fingerprint density at radius 2 is 2.00 bits per heavy atom. The molecule has 3 rings (SSSR count). The van der Waals surface area contributed by atoms with Gasteiger partial charge in [0.2, 0.25) is 11.0 Å². The minimum Gasteiger partial charge on any atom is -0.462 e. The third-order valence-corrected chi connectivity index (χ3v) is 3.47. The standard InChI is InChI=1S/C15H11N3O2S/c19-13(9-8-11-5-2-1-3-6-11)16-15-18-17-14(21-15)12-7-4-10-20-12/h1-10H,(H,16,18,19). The average Bonchev–Trinajstić information content (AvgIpc) is 3.17. The summed E-state index contributed by atoms with van der Waals surface area (Å²) in [4.78, 5) is 11.8. The highest BCUT2D eigenvalue weighted by Gasteiger charge is 2.09. The lowest BCUT2D eigenvalue weighted by molar-refractivity contribution is -0.111. The highest BCUT2D eigenvalue weighted by Crippen LogP contribution is 2.26. The third-order valence-electron chi connectivity index (χ3n) is 2.61. The molecule has 0 saturated heterocycles. The van der Waals surface area contributed by atoms with Crippen LogP contribution in [0.4, 0.5) is 5.13 Å². The molecule has 0 spiro atoms. The Hall–Kier alpha value is -2.73. The zero-order valence-electron chi connectivity index (χ0n) is 10.9. The molecule has 2 heterocycles. The molecule has 0 bridgehead atoms. The van der Waals surface area contributed by atoms with Gasteiger partial charge in [-0.15, -0.1) is 10.2 Å². The maximum Gasteiger partial charge on any atom is 0.250 e. The van der Waals surface area contributed by atoms with Crippen LogP contribution in [0.3, 0.4) is 0 Å². The second-order valence-corrected chi connectivity index (χ2v) is 5.10. The maximum atomic E-state index is 11.8. The predicted octanol–water partition coefficient (Wildman–Crippen LogP) is 3.45. The Morgan fingerprint density at radius 3 is 2.76 bits per heavy atom. The average molecular weight is 297 g/mol. The minimum atomic E-state index is -0.249. The van der Waals surface area contributed by atoms with Crippen molar-refractivity contribution in [3.05, 3.63) is 60.4 Å². The van der Waals surface area contributed by atoms with Crippen molar-refractivity contribution in [2.45, 2.75) is 0 Å². The van der Waals surface area contributed by atoms with Gasteiger partial charge >= 0.3 is 0 Å². The summed E-state index contributed by atoms with van der Waals surface area (Å²) in [7, 11) is 0. The second-order valence-electron chi connectivity index (χ2n) is 4.12. The van der Waals surface area contributed by atoms with Gasteiger partial charge in [0.25, 0.3) is 0 Å². The van der Waals surface area contributed by atoms with Gasteiger partial charge in [-0.05, 0) is 23.8 Å². The van der Waals surface area contributed by atoms with Gasteiger partial charge in [0.1, 0.15) is 0 Å². The van der Waals surface area contributed by atoms with Crippen molar-refractivity contribution in [1.29, 1.82) is 0 Å². The summed E-state index contributed by atoms with van der Waals surface area (Å²) >= 11 is 1.26. The van der Waals surface area contributed by atoms with Gasteiger partial charge in [0.05, 0.1) is 6.26 Å². The normalized spacial score (nSPS) is 10.9. The Kier molecular flexibility index (Phi) is 3.88. The first-order valence-electron chi connectivity index (χ1n) is 6.23. The Morgan fingerprint density at radius 1 is 1.14 bits per heavy atom. The molecule has 2 aromatic heterocycles. The van der Waals surface area contributed by atoms with E-state index < -0.39 is 0 Å². The van der Waals surface area contributed by atoms with Crippen molar-refractivity contribution in [2.75, 3.05) is 5.32 Å². The van der Waals surface area contributed by atoms with E-state index in [0.717, 1.165) is 5.56 Å². The van der Waals surface area contributed by atoms with E-state index in [4.69, 9.17) is 4.42 Å². The number of amides is 1. The largest absolute Gasteiger partial charge is 0.462 e. The highest BCUT2D eigenvalue weighted by molar-refractivity contribution is 7.18. The van der Waals surface area contributed by atoms with E-state index >= 15 is 0 Å². The fraction of sp³-hybridized carbons (Fsp3) is 0. The van der Waals surface area contributed by atoms with Gasteiger partial charge in [-0.25, -0.2) is 0 Å². The van der Waals surface area contributed by atoms with Crippen molar-refractivity contribution >= 4 is 28.5 Å². The quantitative estimate of drug-likeness (QED) is 0.749. The molecule has 1 N–H and O–H groups in total. The van der Waals surface area contributed by atoms with Crippen LogP contribution in [0, 0.1) is 0 Å². The third kappa shape index (κ3) is 3.43. The molecular weight excluding hydrogens is 286 g/mol. The second kappa shape index (κ2) is 6.15. The summed E-state index contributed by atoms with van der Waals surface area (Å²) in [6.45, 7) is 0. The number of hydrogen-bond donors (Lipinski definition) is 1. The molecule has 0 radical (unpaired) electrons. The Balaban J connectivity index is 1.64. The van der Waals surface area contributed by atoms with Gasteiger partial charge in [-0.1, -0.05) is 41.7 Å². The lowest BCUT2D eigenvalue weighted by atomic mass is 10.2. The van der Waals surface area contributed by atoms with E-state index in [-0.39, 0.29) is 5.91 Å². The lowest BCUT2D eigenvalue weighted by Gasteiger charge is -1.94. The SMILES string of the molecule is O=C(C=Cc1ccccc1)Nc1nnc(-c2ccco2)s1. The van der Waals surface area contributed by atoms with E-state index in [9.17, 15) is 4.79 Å². The first kappa shape index (κ1) is 13.3. The van der Waals surface area contributed by atoms with Gasteiger partial charge < -0.3 is 4.42 Å². The highest BCUT2D eigenvalue weighted by atomic mass is 32.1. The molecule has 0 unspecified atom stereocenters. The number of anilines is 1. The topological polar surface area (TPSA) is 68.0 Å². The Labute approximate surface area is 125 Å². The molecular formula is C15H11N3O2S. The van der Waals surface area contributed by atoms with Crippen LogP contribution in [0.2, 0.25) is 0 Å². The lowest BCUT2D eigenvalue weighted by Crippen LogP contribution is -2.07. The van der Waals surface area contributed by atoms with E-state index in [0.29, 0.717) is 15.9 Å². The zero-order valence-corrected chi connectivity index (χ0v) is 11.7. The van der Waals surface area contributed by atoms with Crippen LogP contribution in [-0.2, 0) is 4.79 Å². The Bertz CT molecular complexity index is 748. The molecule has 1 amide bonds. The molecule has 1 aromatic carbocycles. The molecule has 0 aliphatic carbocycles. The number of nitrogens with one attached hydrogen (secondary N) is 1. The fourth-order valence-corrected chi connectivity index (χ4v) is 2.37. The molecule has 6 heteroatoms. The maximum absolute atomic E-state index is 11.8. The zero-order chi connectivity index (χ0) is 14.5. The smallest absolute Gasteiger partial charge is 0.250 e. The first-order chi connectivity index (χ1) is 10.3. The van der Waals surface area contributed by atoms with Crippen molar-refractivity contribution in [3.63, 3.8) is 0 Å². The summed E-state index contributed by atoms with van der Waals surface area (Å²) in [6, 6.07) is 13.2. The van der Waals surface area contributed by atoms with Crippen molar-refractivity contribution in [2.24, 2.45) is 0 Å². The minimum absolute atomic E-state index is 0.249. The van der Waals surface area contributed by atoms with E-state index in [1.54, 1.807) is 24.5 Å². The van der Waals surface area contributed by atoms with Crippen molar-refractivity contribution in [1.82, 2.24) is 10.2 Å². The molecule has 0 aliphatic rings. The van der Waals surface area contributed by atoms with E-state index in [2.05, 4.69) is 15.5 Å². The van der Waals surface area contributed by atoms with Crippen LogP contribution in [0.15, 0.2) is 59.2 Å². The van der Waals surface area contributed by atoms with E-state index in [1.165, 1.54) is 17.4 Å². The number of hydrogen-bond acceptors (Lipinski definition) is 5. The predicted molar refractivity (Wildman–Crippen MR) is 81.7 cm³/mol. The van der Waals surface area contributed by atoms with Crippen molar-refractivity contribution in [3.8, 4) is 10.8 Å². The monoisotopic (exact) mass is 297 g/mol. The van der Waals surface area contributed by atoms with Gasteiger partial charge in [0, 0.05) is 6.08 Å². The van der Waals surface area contributed by atoms with Gasteiger partial charge in [0.15, 0.2) is 10.8 Å². The number of nitrogens with zero attached hydrogens (tertiary/aromatic N) is 2. The summed E-state index contributed by atoms with van der Waals surface area (Å²) in [5.74, 6) is 0.383. The van der Waals surface area contributed by atoms with Crippen molar-refractivity contribution < 1.29 is 9.21 Å². The summed E-state index contributed by atoms with van der Waals surface area (Å²) in [5, 5.41) is 11.6. The number of furan rings is 1. The summed E-state index contributed by atoms with van der Waals surface area (Å²) in [6.07, 6.45) is 4.77. The molecule has 5 nitrogen and oxygen atoms in total. The molecule has 0 saturated carbocycles. The van der Waals surface area contributed by atoms with Gasteiger partial charge in [-0.3, -0.25) is 10.1 Å². The number of benzene rings is 1. The molecule has 21 heavy (non-hydrogen) atoms. The molecule has 0 atom stereocenters. The molecule has 0 aliphatic heterocycles. The van der Waals surface area contributed by atoms with E-state index in [1.807, 2.05) is 30.3 Å². The number of aromatic nitrogens is 2. The van der Waals surface area contributed by atoms with Crippen LogP contribution in [0.1, 0.15) is 5.56 Å². The fourth-order valence-electron chi connectivity index (χ4n) is 1.66. The van der Waals surface area contributed by atoms with Gasteiger partial charge in [-0.2, -0.15) is 0 Å². The van der Waals surface area contributed by atoms with Crippen LogP contribution in [-0.4, -0.2) is 16.1 Å². The molecule has 3 aromatic rings. The number of rotatable bonds is 4. The summed E-state index contributed by atoms with van der Waals surface area (Å²) < 4.78 is 5.22. The molecule has 0 fully saturated rings. The first-order valence-corrected chi connectivity index (χ1v) is 7.04. The van der Waals surface area contributed by atoms with Crippen LogP contribution >= 0.6 is 11.3 Å². The van der Waals surface area contributed by atoms with Crippen LogP contribution in [0.25, 0.3) is 16.8 Å². The number of carbonyl (C=O) groups is 1. The summed E-state index contributed by atoms with van der Waals surface area (Å²) in [5.41, 5.74) is 0.959.